The topological polar surface area (TPSA) is 36.9 Å². The highest BCUT2D eigenvalue weighted by Crippen LogP contribution is 2.48. The number of fused-ring (bicyclic) bond motifs is 2. The van der Waals surface area contributed by atoms with E-state index < -0.39 is 0 Å². The van der Waals surface area contributed by atoms with Gasteiger partial charge in [0, 0.05) is 11.5 Å². The van der Waals surface area contributed by atoms with E-state index in [0.717, 1.165) is 12.0 Å². The summed E-state index contributed by atoms with van der Waals surface area (Å²) in [5.41, 5.74) is 1.02. The van der Waals surface area contributed by atoms with E-state index in [0.29, 0.717) is 16.9 Å². The molecule has 0 N–H and O–H groups in total. The Morgan fingerprint density at radius 3 is 2.82 bits per heavy atom. The summed E-state index contributed by atoms with van der Waals surface area (Å²) >= 11 is 6.69. The lowest BCUT2D eigenvalue weighted by molar-refractivity contribution is -0.298. The van der Waals surface area contributed by atoms with E-state index in [-0.39, 0.29) is 30.7 Å². The molecule has 1 aromatic carbocycles. The minimum absolute atomic E-state index is 0.0289. The minimum Gasteiger partial charge on any atom is -0.472 e. The van der Waals surface area contributed by atoms with E-state index in [9.17, 15) is 0 Å². The van der Waals surface area contributed by atoms with Crippen molar-refractivity contribution in [3.8, 4) is 0 Å². The Kier molecular flexibility index (Phi) is 4.13. The maximum atomic E-state index is 6.19. The van der Waals surface area contributed by atoms with Gasteiger partial charge in [-0.15, -0.1) is 0 Å². The minimum atomic E-state index is -0.365. The van der Waals surface area contributed by atoms with Crippen LogP contribution in [0.2, 0.25) is 0 Å². The summed E-state index contributed by atoms with van der Waals surface area (Å²) in [7, 11) is 0. The molecule has 3 fully saturated rings. The van der Waals surface area contributed by atoms with Gasteiger partial charge in [0.1, 0.15) is 18.3 Å². The summed E-state index contributed by atoms with van der Waals surface area (Å²) in [5.74, 6) is 0.390. The van der Waals surface area contributed by atoms with Crippen LogP contribution < -0.4 is 0 Å². The Labute approximate surface area is 139 Å². The predicted octanol–water partition coefficient (Wildman–Crippen LogP) is 2.92. The number of thiocarbonyl (C=S) groups is 1. The molecule has 0 amide bonds. The van der Waals surface area contributed by atoms with Crippen LogP contribution in [0.25, 0.3) is 0 Å². The SMILES string of the molecule is CSC(=S)O[C@@H]1[C@@H]2C[C@@H]2O[C@@H]2COC(c3ccccc3)O[C@@H]12. The molecule has 0 radical (unpaired) electrons. The summed E-state index contributed by atoms with van der Waals surface area (Å²) in [5, 5.41) is 0. The van der Waals surface area contributed by atoms with Crippen LogP contribution in [0.15, 0.2) is 30.3 Å². The third-order valence-corrected chi connectivity index (χ3v) is 5.43. The molecule has 1 aliphatic carbocycles. The molecule has 1 aromatic rings. The van der Waals surface area contributed by atoms with Crippen molar-refractivity contribution < 1.29 is 18.9 Å². The Morgan fingerprint density at radius 2 is 2.05 bits per heavy atom. The van der Waals surface area contributed by atoms with Crippen molar-refractivity contribution in [2.45, 2.75) is 37.1 Å². The monoisotopic (exact) mass is 338 g/mol. The molecular formula is C16H18O4S2. The molecule has 118 valence electrons. The highest BCUT2D eigenvalue weighted by Gasteiger charge is 2.58. The summed E-state index contributed by atoms with van der Waals surface area (Å²) < 4.78 is 24.6. The van der Waals surface area contributed by atoms with Gasteiger partial charge in [0.2, 0.25) is 4.38 Å². The third kappa shape index (κ3) is 2.78. The molecule has 0 aromatic heterocycles. The van der Waals surface area contributed by atoms with Gasteiger partial charge in [-0.3, -0.25) is 0 Å². The first-order valence-electron chi connectivity index (χ1n) is 7.48. The third-order valence-electron chi connectivity index (χ3n) is 4.40. The standard InChI is InChI=1S/C16H18O4S2/c1-22-16(21)20-13-10-7-11(10)18-12-8-17-15(19-14(12)13)9-5-3-2-4-6-9/h2-6,10-15H,7-8H2,1H3/t10-,11+,12-,13-,14-,15?/m1/s1. The van der Waals surface area contributed by atoms with Gasteiger partial charge in [-0.2, -0.15) is 0 Å². The van der Waals surface area contributed by atoms with E-state index >= 15 is 0 Å². The van der Waals surface area contributed by atoms with E-state index in [4.69, 9.17) is 31.2 Å². The summed E-state index contributed by atoms with van der Waals surface area (Å²) in [4.78, 5) is 0. The van der Waals surface area contributed by atoms with Gasteiger partial charge in [0.15, 0.2) is 6.29 Å². The molecule has 6 heteroatoms. The zero-order valence-electron chi connectivity index (χ0n) is 12.2. The summed E-state index contributed by atoms with van der Waals surface area (Å²) in [6, 6.07) is 9.98. The van der Waals surface area contributed by atoms with Crippen molar-refractivity contribution in [3.63, 3.8) is 0 Å². The van der Waals surface area contributed by atoms with Crippen molar-refractivity contribution >= 4 is 28.4 Å². The molecule has 3 aliphatic rings. The fourth-order valence-electron chi connectivity index (χ4n) is 3.21. The normalized spacial score (nSPS) is 39.5. The Bertz CT molecular complexity index is 552. The molecular weight excluding hydrogens is 320 g/mol. The van der Waals surface area contributed by atoms with Crippen molar-refractivity contribution in [1.29, 1.82) is 0 Å². The molecule has 22 heavy (non-hydrogen) atoms. The van der Waals surface area contributed by atoms with Crippen LogP contribution >= 0.6 is 24.0 Å². The number of benzene rings is 1. The molecule has 4 rings (SSSR count). The van der Waals surface area contributed by atoms with Gasteiger partial charge in [0.05, 0.1) is 12.7 Å². The van der Waals surface area contributed by atoms with E-state index in [1.807, 2.05) is 36.6 Å². The zero-order valence-corrected chi connectivity index (χ0v) is 13.8. The predicted molar refractivity (Wildman–Crippen MR) is 87.8 cm³/mol. The lowest BCUT2D eigenvalue weighted by Gasteiger charge is -2.42. The van der Waals surface area contributed by atoms with Gasteiger partial charge >= 0.3 is 0 Å². The van der Waals surface area contributed by atoms with Crippen LogP contribution in [-0.2, 0) is 18.9 Å². The van der Waals surface area contributed by atoms with Crippen molar-refractivity contribution in [1.82, 2.24) is 0 Å². The van der Waals surface area contributed by atoms with Crippen molar-refractivity contribution in [3.05, 3.63) is 35.9 Å². The summed E-state index contributed by atoms with van der Waals surface area (Å²) in [6.45, 7) is 0.527. The quantitative estimate of drug-likeness (QED) is 0.772. The number of rotatable bonds is 2. The maximum Gasteiger partial charge on any atom is 0.220 e. The molecule has 6 atom stereocenters. The van der Waals surface area contributed by atoms with Crippen molar-refractivity contribution in [2.75, 3.05) is 12.9 Å². The second-order valence-corrected chi connectivity index (χ2v) is 7.23. The highest BCUT2D eigenvalue weighted by atomic mass is 32.2. The number of ether oxygens (including phenoxy) is 4. The molecule has 2 aliphatic heterocycles. The zero-order chi connectivity index (χ0) is 15.1. The molecule has 0 spiro atoms. The summed E-state index contributed by atoms with van der Waals surface area (Å²) in [6.07, 6.45) is 2.63. The van der Waals surface area contributed by atoms with Gasteiger partial charge < -0.3 is 18.9 Å². The molecule has 1 saturated carbocycles. The first kappa shape index (κ1) is 14.9. The van der Waals surface area contributed by atoms with Crippen LogP contribution in [-0.4, -0.2) is 41.7 Å². The Morgan fingerprint density at radius 1 is 1.23 bits per heavy atom. The smallest absolute Gasteiger partial charge is 0.220 e. The first-order chi connectivity index (χ1) is 10.8. The molecule has 2 heterocycles. The number of hydrogen-bond acceptors (Lipinski definition) is 6. The Hall–Kier alpha value is -0.660. The van der Waals surface area contributed by atoms with Gasteiger partial charge in [-0.1, -0.05) is 42.1 Å². The average molecular weight is 338 g/mol. The second kappa shape index (κ2) is 6.09. The van der Waals surface area contributed by atoms with E-state index in [2.05, 4.69) is 0 Å². The fourth-order valence-corrected chi connectivity index (χ4v) is 3.53. The van der Waals surface area contributed by atoms with Gasteiger partial charge in [-0.05, 0) is 24.9 Å². The lowest BCUT2D eigenvalue weighted by Crippen LogP contribution is -2.54. The number of hydrogen-bond donors (Lipinski definition) is 0. The van der Waals surface area contributed by atoms with Crippen LogP contribution in [0.1, 0.15) is 18.3 Å². The van der Waals surface area contributed by atoms with Crippen LogP contribution in [0.3, 0.4) is 0 Å². The van der Waals surface area contributed by atoms with Gasteiger partial charge in [-0.25, -0.2) is 0 Å². The van der Waals surface area contributed by atoms with E-state index in [1.54, 1.807) is 0 Å². The maximum absolute atomic E-state index is 6.19. The van der Waals surface area contributed by atoms with Crippen LogP contribution in [0.4, 0.5) is 0 Å². The first-order valence-corrected chi connectivity index (χ1v) is 9.11. The molecule has 4 nitrogen and oxygen atoms in total. The second-order valence-electron chi connectivity index (χ2n) is 5.83. The van der Waals surface area contributed by atoms with E-state index in [1.165, 1.54) is 11.8 Å². The van der Waals surface area contributed by atoms with Crippen LogP contribution in [0.5, 0.6) is 0 Å². The molecule has 1 unspecified atom stereocenters. The Balaban J connectivity index is 1.52. The van der Waals surface area contributed by atoms with Gasteiger partial charge in [0.25, 0.3) is 0 Å². The van der Waals surface area contributed by atoms with Crippen molar-refractivity contribution in [2.24, 2.45) is 5.92 Å². The number of thioether (sulfide) groups is 1. The largest absolute Gasteiger partial charge is 0.472 e. The van der Waals surface area contributed by atoms with Crippen LogP contribution in [0, 0.1) is 5.92 Å². The average Bonchev–Trinajstić information content (AvgIpc) is 3.34. The fraction of sp³-hybridized carbons (Fsp3) is 0.562. The molecule has 2 saturated heterocycles. The highest BCUT2D eigenvalue weighted by molar-refractivity contribution is 8.22. The molecule has 0 bridgehead atoms. The lowest BCUT2D eigenvalue weighted by atomic mass is 10.00.